The number of hydrogen-bond acceptors (Lipinski definition) is 2. The highest BCUT2D eigenvalue weighted by atomic mass is 32.1. The smallest absolute Gasteiger partial charge is 0.170 e. The van der Waals surface area contributed by atoms with Gasteiger partial charge in [-0.2, -0.15) is 0 Å². The van der Waals surface area contributed by atoms with Gasteiger partial charge in [-0.25, -0.2) is 0 Å². The summed E-state index contributed by atoms with van der Waals surface area (Å²) in [6.45, 7) is 0. The molecule has 0 fully saturated rings. The Hall–Kier alpha value is -0.370. The van der Waals surface area contributed by atoms with Crippen LogP contribution < -0.4 is 0 Å². The van der Waals surface area contributed by atoms with Crippen LogP contribution in [0.3, 0.4) is 0 Å². The van der Waals surface area contributed by atoms with Gasteiger partial charge in [0.05, 0.1) is 0 Å². The quantitative estimate of drug-likeness (QED) is 0.485. The highest BCUT2D eigenvalue weighted by Gasteiger charge is 1.78. The van der Waals surface area contributed by atoms with Crippen molar-refractivity contribution in [3.63, 3.8) is 0 Å². The fraction of sp³-hybridized carbons (Fsp3) is 0. The second-order valence-electron chi connectivity index (χ2n) is 0.923. The SMILES string of the molecule is Sc1c[c]oc1. The minimum atomic E-state index is 0.815. The molecule has 1 radical (unpaired) electrons. The van der Waals surface area contributed by atoms with Crippen LogP contribution in [0.25, 0.3) is 0 Å². The summed E-state index contributed by atoms with van der Waals surface area (Å²) in [6.07, 6.45) is 3.99. The molecule has 0 spiro atoms. The predicted molar refractivity (Wildman–Crippen MR) is 24.8 cm³/mol. The van der Waals surface area contributed by atoms with Crippen LogP contribution in [0.1, 0.15) is 0 Å². The molecule has 2 heteroatoms. The van der Waals surface area contributed by atoms with Crippen LogP contribution >= 0.6 is 12.6 Å². The van der Waals surface area contributed by atoms with Gasteiger partial charge in [-0.05, 0) is 0 Å². The molecule has 0 bridgehead atoms. The van der Waals surface area contributed by atoms with E-state index in [1.54, 1.807) is 6.07 Å². The fourth-order valence-corrected chi connectivity index (χ4v) is 0.328. The molecular formula is C4H3OS. The van der Waals surface area contributed by atoms with Crippen LogP contribution in [-0.2, 0) is 0 Å². The highest BCUT2D eigenvalue weighted by molar-refractivity contribution is 7.80. The maximum absolute atomic E-state index is 4.51. The van der Waals surface area contributed by atoms with E-state index in [2.05, 4.69) is 23.3 Å². The second kappa shape index (κ2) is 1.39. The summed E-state index contributed by atoms with van der Waals surface area (Å²) in [5, 5.41) is 0. The summed E-state index contributed by atoms with van der Waals surface area (Å²) >= 11 is 3.91. The van der Waals surface area contributed by atoms with Gasteiger partial charge < -0.3 is 4.42 Å². The van der Waals surface area contributed by atoms with Gasteiger partial charge in [0.15, 0.2) is 6.26 Å². The third-order valence-corrected chi connectivity index (χ3v) is 0.689. The van der Waals surface area contributed by atoms with Crippen molar-refractivity contribution >= 4 is 12.6 Å². The molecule has 0 saturated heterocycles. The van der Waals surface area contributed by atoms with E-state index in [4.69, 9.17) is 0 Å². The van der Waals surface area contributed by atoms with Crippen LogP contribution in [0.15, 0.2) is 21.6 Å². The normalized spacial score (nSPS) is 8.83. The molecule has 31 valence electrons. The van der Waals surface area contributed by atoms with Gasteiger partial charge in [0, 0.05) is 11.0 Å². The lowest BCUT2D eigenvalue weighted by Crippen LogP contribution is -1.37. The Morgan fingerprint density at radius 1 is 1.83 bits per heavy atom. The maximum atomic E-state index is 4.51. The number of rotatable bonds is 0. The van der Waals surface area contributed by atoms with Crippen LogP contribution in [0.2, 0.25) is 0 Å². The molecule has 0 unspecified atom stereocenters. The lowest BCUT2D eigenvalue weighted by molar-refractivity contribution is 0.553. The zero-order valence-corrected chi connectivity index (χ0v) is 3.90. The molecule has 0 aromatic carbocycles. The molecule has 1 aromatic rings. The van der Waals surface area contributed by atoms with Gasteiger partial charge in [0.1, 0.15) is 6.26 Å². The lowest BCUT2D eigenvalue weighted by Gasteiger charge is -1.62. The van der Waals surface area contributed by atoms with E-state index in [0.717, 1.165) is 4.90 Å². The molecule has 1 nitrogen and oxygen atoms in total. The minimum absolute atomic E-state index is 0.815. The van der Waals surface area contributed by atoms with Gasteiger partial charge in [-0.15, -0.1) is 12.6 Å². The van der Waals surface area contributed by atoms with Gasteiger partial charge in [-0.3, -0.25) is 0 Å². The van der Waals surface area contributed by atoms with Crippen molar-refractivity contribution in [1.29, 1.82) is 0 Å². The van der Waals surface area contributed by atoms with E-state index in [9.17, 15) is 0 Å². The third-order valence-electron chi connectivity index (χ3n) is 0.455. The van der Waals surface area contributed by atoms with Crippen LogP contribution in [-0.4, -0.2) is 0 Å². The van der Waals surface area contributed by atoms with E-state index in [1.165, 1.54) is 6.26 Å². The molecule has 0 aliphatic heterocycles. The van der Waals surface area contributed by atoms with Crippen molar-refractivity contribution < 1.29 is 4.42 Å². The van der Waals surface area contributed by atoms with E-state index < -0.39 is 0 Å². The van der Waals surface area contributed by atoms with Gasteiger partial charge in [-0.1, -0.05) is 0 Å². The molecule has 1 rings (SSSR count). The number of furan rings is 1. The van der Waals surface area contributed by atoms with Crippen molar-refractivity contribution in [3.05, 3.63) is 18.6 Å². The Labute approximate surface area is 41.4 Å². The number of hydrogen-bond donors (Lipinski definition) is 1. The zero-order chi connectivity index (χ0) is 4.41. The standard InChI is InChI=1S/C4H3OS/c6-4-1-2-5-3-4/h1,3,6H. The highest BCUT2D eigenvalue weighted by Crippen LogP contribution is 2.01. The van der Waals surface area contributed by atoms with Crippen molar-refractivity contribution in [2.75, 3.05) is 0 Å². The first-order valence-corrected chi connectivity index (χ1v) is 1.98. The summed E-state index contributed by atoms with van der Waals surface area (Å²) in [4.78, 5) is 0.815. The van der Waals surface area contributed by atoms with E-state index in [-0.39, 0.29) is 0 Å². The number of thiol groups is 1. The zero-order valence-electron chi connectivity index (χ0n) is 3.01. The molecule has 0 amide bonds. The summed E-state index contributed by atoms with van der Waals surface area (Å²) in [5.41, 5.74) is 0. The van der Waals surface area contributed by atoms with Crippen molar-refractivity contribution in [2.45, 2.75) is 4.90 Å². The first-order valence-electron chi connectivity index (χ1n) is 1.53. The molecule has 0 N–H and O–H groups in total. The second-order valence-corrected chi connectivity index (χ2v) is 1.44. The minimum Gasteiger partial charge on any atom is -0.460 e. The van der Waals surface area contributed by atoms with E-state index in [0.29, 0.717) is 0 Å². The van der Waals surface area contributed by atoms with Gasteiger partial charge in [0.2, 0.25) is 0 Å². The maximum Gasteiger partial charge on any atom is 0.170 e. The average molecular weight is 99.1 g/mol. The van der Waals surface area contributed by atoms with Crippen molar-refractivity contribution in [3.8, 4) is 0 Å². The van der Waals surface area contributed by atoms with Crippen molar-refractivity contribution in [2.24, 2.45) is 0 Å². The average Bonchev–Trinajstić information content (AvgIpc) is 1.86. The van der Waals surface area contributed by atoms with Crippen LogP contribution in [0.5, 0.6) is 0 Å². The molecule has 0 saturated carbocycles. The lowest BCUT2D eigenvalue weighted by atomic mass is 10.7. The molecule has 0 atom stereocenters. The third kappa shape index (κ3) is 0.571. The molecular weight excluding hydrogens is 96.1 g/mol. The molecule has 1 aromatic heterocycles. The summed E-state index contributed by atoms with van der Waals surface area (Å²) in [6, 6.07) is 1.66. The Balaban J connectivity index is 3.05. The van der Waals surface area contributed by atoms with E-state index >= 15 is 0 Å². The monoisotopic (exact) mass is 99.0 g/mol. The van der Waals surface area contributed by atoms with E-state index in [1.807, 2.05) is 0 Å². The molecule has 0 aliphatic rings. The largest absolute Gasteiger partial charge is 0.460 e. The Bertz CT molecular complexity index is 111. The Kier molecular flexibility index (Phi) is 0.881. The Morgan fingerprint density at radius 3 is 2.83 bits per heavy atom. The topological polar surface area (TPSA) is 13.1 Å². The molecule has 6 heavy (non-hydrogen) atoms. The predicted octanol–water partition coefficient (Wildman–Crippen LogP) is 1.37. The van der Waals surface area contributed by atoms with Crippen molar-refractivity contribution in [1.82, 2.24) is 0 Å². The van der Waals surface area contributed by atoms with Crippen LogP contribution in [0, 0.1) is 6.26 Å². The molecule has 1 heterocycles. The molecule has 0 aliphatic carbocycles. The summed E-state index contributed by atoms with van der Waals surface area (Å²) in [7, 11) is 0. The summed E-state index contributed by atoms with van der Waals surface area (Å²) in [5.74, 6) is 0. The summed E-state index contributed by atoms with van der Waals surface area (Å²) < 4.78 is 4.51. The van der Waals surface area contributed by atoms with Gasteiger partial charge >= 0.3 is 0 Å². The Morgan fingerprint density at radius 2 is 2.67 bits per heavy atom. The van der Waals surface area contributed by atoms with Crippen LogP contribution in [0.4, 0.5) is 0 Å². The first kappa shape index (κ1) is 3.81. The first-order chi connectivity index (χ1) is 2.89. The van der Waals surface area contributed by atoms with Gasteiger partial charge in [0.25, 0.3) is 0 Å². The fourth-order valence-electron chi connectivity index (χ4n) is 0.223.